The normalized spacial score (nSPS) is 15.8. The Balaban J connectivity index is 1.75. The number of anilines is 1. The Hall–Kier alpha value is -2.94. The van der Waals surface area contributed by atoms with Gasteiger partial charge in [-0.3, -0.25) is 9.52 Å². The van der Waals surface area contributed by atoms with Crippen molar-refractivity contribution in [1.82, 2.24) is 4.90 Å². The molecule has 172 valence electrons. The van der Waals surface area contributed by atoms with Crippen molar-refractivity contribution in [2.24, 2.45) is 5.92 Å². The van der Waals surface area contributed by atoms with Gasteiger partial charge in [0.1, 0.15) is 5.82 Å². The Labute approximate surface area is 187 Å². The number of amides is 1. The van der Waals surface area contributed by atoms with Crippen molar-refractivity contribution in [3.63, 3.8) is 0 Å². The zero-order valence-corrected chi connectivity index (χ0v) is 19.1. The van der Waals surface area contributed by atoms with E-state index in [1.807, 2.05) is 0 Å². The van der Waals surface area contributed by atoms with E-state index in [4.69, 9.17) is 4.74 Å². The SMILES string of the molecule is Cc1cc(F)ccc1S(=O)(=O)Nc1ccccc1C(=O)OC(C)C(=O)N1CCC(C)CC1. The second-order valence-electron chi connectivity index (χ2n) is 8.12. The van der Waals surface area contributed by atoms with Crippen LogP contribution in [0.3, 0.4) is 0 Å². The predicted octanol–water partition coefficient (Wildman–Crippen LogP) is 3.74. The topological polar surface area (TPSA) is 92.8 Å². The Kier molecular flexibility index (Phi) is 7.18. The summed E-state index contributed by atoms with van der Waals surface area (Å²) in [6.45, 7) is 6.36. The minimum Gasteiger partial charge on any atom is -0.449 e. The van der Waals surface area contributed by atoms with E-state index in [1.54, 1.807) is 17.0 Å². The minimum atomic E-state index is -4.08. The number of halogens is 1. The zero-order valence-electron chi connectivity index (χ0n) is 18.3. The fraction of sp³-hybridized carbons (Fsp3) is 0.391. The van der Waals surface area contributed by atoms with Gasteiger partial charge in [0.15, 0.2) is 6.10 Å². The molecule has 3 rings (SSSR count). The molecule has 1 N–H and O–H groups in total. The van der Waals surface area contributed by atoms with Crippen LogP contribution in [0.5, 0.6) is 0 Å². The summed E-state index contributed by atoms with van der Waals surface area (Å²) in [5.74, 6) is -1.08. The Morgan fingerprint density at radius 1 is 1.16 bits per heavy atom. The number of para-hydroxylation sites is 1. The molecule has 0 bridgehead atoms. The van der Waals surface area contributed by atoms with Crippen molar-refractivity contribution in [2.45, 2.75) is 44.6 Å². The first-order chi connectivity index (χ1) is 15.1. The number of benzene rings is 2. The molecule has 0 saturated carbocycles. The lowest BCUT2D eigenvalue weighted by Crippen LogP contribution is -2.44. The van der Waals surface area contributed by atoms with Gasteiger partial charge in [-0.05, 0) is 68.5 Å². The number of esters is 1. The van der Waals surface area contributed by atoms with Crippen LogP contribution in [0.25, 0.3) is 0 Å². The average Bonchev–Trinajstić information content (AvgIpc) is 2.73. The van der Waals surface area contributed by atoms with Gasteiger partial charge in [-0.1, -0.05) is 19.1 Å². The predicted molar refractivity (Wildman–Crippen MR) is 118 cm³/mol. The fourth-order valence-corrected chi connectivity index (χ4v) is 4.93. The molecule has 2 aromatic carbocycles. The zero-order chi connectivity index (χ0) is 23.5. The van der Waals surface area contributed by atoms with E-state index >= 15 is 0 Å². The molecule has 0 aliphatic carbocycles. The summed E-state index contributed by atoms with van der Waals surface area (Å²) in [5, 5.41) is 0. The number of ether oxygens (including phenoxy) is 1. The highest BCUT2D eigenvalue weighted by atomic mass is 32.2. The van der Waals surface area contributed by atoms with Crippen molar-refractivity contribution in [3.8, 4) is 0 Å². The molecule has 2 aromatic rings. The monoisotopic (exact) mass is 462 g/mol. The smallest absolute Gasteiger partial charge is 0.341 e. The van der Waals surface area contributed by atoms with Crippen LogP contribution in [0, 0.1) is 18.7 Å². The van der Waals surface area contributed by atoms with E-state index in [0.717, 1.165) is 31.0 Å². The van der Waals surface area contributed by atoms with Crippen LogP contribution in [0.15, 0.2) is 47.4 Å². The second-order valence-corrected chi connectivity index (χ2v) is 9.77. The van der Waals surface area contributed by atoms with Gasteiger partial charge in [0.05, 0.1) is 16.1 Å². The molecule has 0 spiro atoms. The molecule has 0 radical (unpaired) electrons. The molecule has 1 amide bonds. The van der Waals surface area contributed by atoms with Crippen LogP contribution in [0.4, 0.5) is 10.1 Å². The van der Waals surface area contributed by atoms with Crippen LogP contribution in [0.2, 0.25) is 0 Å². The molecule has 1 unspecified atom stereocenters. The summed E-state index contributed by atoms with van der Waals surface area (Å²) in [4.78, 5) is 27.0. The Morgan fingerprint density at radius 2 is 1.81 bits per heavy atom. The van der Waals surface area contributed by atoms with E-state index in [1.165, 1.54) is 26.0 Å². The van der Waals surface area contributed by atoms with Gasteiger partial charge < -0.3 is 9.64 Å². The number of nitrogens with one attached hydrogen (secondary N) is 1. The van der Waals surface area contributed by atoms with E-state index in [-0.39, 0.29) is 27.6 Å². The van der Waals surface area contributed by atoms with E-state index in [2.05, 4.69) is 11.6 Å². The maximum Gasteiger partial charge on any atom is 0.341 e. The highest BCUT2D eigenvalue weighted by molar-refractivity contribution is 7.92. The minimum absolute atomic E-state index is 0.00710. The lowest BCUT2D eigenvalue weighted by molar-refractivity contribution is -0.141. The lowest BCUT2D eigenvalue weighted by Gasteiger charge is -2.32. The van der Waals surface area contributed by atoms with Crippen LogP contribution in [0.1, 0.15) is 42.6 Å². The first-order valence-corrected chi connectivity index (χ1v) is 11.9. The van der Waals surface area contributed by atoms with E-state index < -0.39 is 27.9 Å². The third kappa shape index (κ3) is 5.45. The maximum atomic E-state index is 13.4. The molecular formula is C23H27FN2O5S. The molecule has 7 nitrogen and oxygen atoms in total. The molecule has 1 fully saturated rings. The van der Waals surface area contributed by atoms with E-state index in [0.29, 0.717) is 19.0 Å². The molecule has 1 aliphatic heterocycles. The number of carbonyl (C=O) groups is 2. The first-order valence-electron chi connectivity index (χ1n) is 10.5. The Morgan fingerprint density at radius 3 is 2.47 bits per heavy atom. The number of aryl methyl sites for hydroxylation is 1. The molecule has 9 heteroatoms. The summed E-state index contributed by atoms with van der Waals surface area (Å²) in [6.07, 6.45) is 0.805. The van der Waals surface area contributed by atoms with Crippen molar-refractivity contribution in [2.75, 3.05) is 17.8 Å². The van der Waals surface area contributed by atoms with E-state index in [9.17, 15) is 22.4 Å². The van der Waals surface area contributed by atoms with Crippen molar-refractivity contribution in [3.05, 3.63) is 59.4 Å². The average molecular weight is 463 g/mol. The molecule has 0 aromatic heterocycles. The van der Waals surface area contributed by atoms with Gasteiger partial charge in [-0.15, -0.1) is 0 Å². The quantitative estimate of drug-likeness (QED) is 0.660. The molecule has 32 heavy (non-hydrogen) atoms. The largest absolute Gasteiger partial charge is 0.449 e. The molecule has 1 atom stereocenters. The molecular weight excluding hydrogens is 435 g/mol. The maximum absolute atomic E-state index is 13.4. The summed E-state index contributed by atoms with van der Waals surface area (Å²) >= 11 is 0. The number of piperidine rings is 1. The lowest BCUT2D eigenvalue weighted by atomic mass is 9.99. The van der Waals surface area contributed by atoms with Gasteiger partial charge in [0.2, 0.25) is 0 Å². The van der Waals surface area contributed by atoms with Gasteiger partial charge >= 0.3 is 5.97 Å². The van der Waals surface area contributed by atoms with Crippen LogP contribution in [-0.2, 0) is 19.6 Å². The number of rotatable bonds is 6. The van der Waals surface area contributed by atoms with Crippen molar-refractivity contribution in [1.29, 1.82) is 0 Å². The number of carbonyl (C=O) groups excluding carboxylic acids is 2. The fourth-order valence-electron chi connectivity index (χ4n) is 3.62. The standard InChI is InChI=1S/C23H27FN2O5S/c1-15-10-12-26(13-11-15)22(27)17(3)31-23(28)19-6-4-5-7-20(19)25-32(29,30)21-9-8-18(24)14-16(21)2/h4-9,14-15,17,25H,10-13H2,1-3H3. The van der Waals surface area contributed by atoms with Crippen LogP contribution >= 0.6 is 0 Å². The van der Waals surface area contributed by atoms with Gasteiger partial charge in [-0.25, -0.2) is 17.6 Å². The van der Waals surface area contributed by atoms with Crippen LogP contribution in [-0.4, -0.2) is 44.4 Å². The molecule has 1 saturated heterocycles. The second kappa shape index (κ2) is 9.68. The molecule has 1 heterocycles. The third-order valence-corrected chi connectivity index (χ3v) is 7.07. The van der Waals surface area contributed by atoms with Crippen molar-refractivity contribution < 1.29 is 27.1 Å². The third-order valence-electron chi connectivity index (χ3n) is 5.54. The summed E-state index contributed by atoms with van der Waals surface area (Å²) in [6, 6.07) is 9.29. The molecule has 1 aliphatic rings. The number of nitrogens with zero attached hydrogens (tertiary/aromatic N) is 1. The summed E-state index contributed by atoms with van der Waals surface area (Å²) in [5.41, 5.74) is 0.211. The first kappa shape index (κ1) is 23.7. The number of hydrogen-bond acceptors (Lipinski definition) is 5. The van der Waals surface area contributed by atoms with Gasteiger partial charge in [-0.2, -0.15) is 0 Å². The number of hydrogen-bond donors (Lipinski definition) is 1. The number of sulfonamides is 1. The Bertz CT molecular complexity index is 1110. The number of likely N-dealkylation sites (tertiary alicyclic amines) is 1. The van der Waals surface area contributed by atoms with Gasteiger partial charge in [0, 0.05) is 13.1 Å². The highest BCUT2D eigenvalue weighted by Crippen LogP contribution is 2.24. The highest BCUT2D eigenvalue weighted by Gasteiger charge is 2.28. The summed E-state index contributed by atoms with van der Waals surface area (Å²) in [7, 11) is -4.08. The summed E-state index contributed by atoms with van der Waals surface area (Å²) < 4.78 is 46.7. The van der Waals surface area contributed by atoms with Crippen LogP contribution < -0.4 is 4.72 Å². The van der Waals surface area contributed by atoms with Crippen molar-refractivity contribution >= 4 is 27.6 Å². The van der Waals surface area contributed by atoms with Gasteiger partial charge in [0.25, 0.3) is 15.9 Å².